The Hall–Kier alpha value is -1.63. The summed E-state index contributed by atoms with van der Waals surface area (Å²) in [6.07, 6.45) is 14.5. The van der Waals surface area contributed by atoms with Crippen LogP contribution >= 0.6 is 0 Å². The zero-order chi connectivity index (χ0) is 16.5. The van der Waals surface area contributed by atoms with Crippen molar-refractivity contribution in [2.75, 3.05) is 0 Å². The largest absolute Gasteiger partial charge is 0.291 e. The van der Waals surface area contributed by atoms with Crippen LogP contribution in [0.4, 0.5) is 0 Å². The summed E-state index contributed by atoms with van der Waals surface area (Å²) in [5, 5.41) is 10.9. The molecule has 0 aromatic rings. The first-order valence-electron chi connectivity index (χ1n) is 8.39. The van der Waals surface area contributed by atoms with Gasteiger partial charge in [0.25, 0.3) is 5.70 Å². The molecule has 0 atom stereocenters. The molecule has 0 spiro atoms. The van der Waals surface area contributed by atoms with E-state index in [1.54, 1.807) is 0 Å². The van der Waals surface area contributed by atoms with Gasteiger partial charge in [-0.2, -0.15) is 0 Å². The average Bonchev–Trinajstić information content (AvgIpc) is 2.50. The molecular formula is C18H28NO3. The van der Waals surface area contributed by atoms with Gasteiger partial charge in [0.05, 0.1) is 11.0 Å². The molecule has 0 bridgehead atoms. The van der Waals surface area contributed by atoms with E-state index in [4.69, 9.17) is 0 Å². The van der Waals surface area contributed by atoms with Gasteiger partial charge in [-0.3, -0.25) is 14.9 Å². The minimum atomic E-state index is -0.315. The van der Waals surface area contributed by atoms with Crippen LogP contribution < -0.4 is 0 Å². The van der Waals surface area contributed by atoms with Crippen LogP contribution in [0.2, 0.25) is 0 Å². The Kier molecular flexibility index (Phi) is 14.6. The van der Waals surface area contributed by atoms with Gasteiger partial charge in [-0.15, -0.1) is 0 Å². The van der Waals surface area contributed by atoms with Crippen LogP contribution in [0.3, 0.4) is 0 Å². The van der Waals surface area contributed by atoms with Crippen molar-refractivity contribution in [3.05, 3.63) is 21.9 Å². The van der Waals surface area contributed by atoms with Gasteiger partial charge in [-0.25, -0.2) is 0 Å². The third-order valence-electron chi connectivity index (χ3n) is 3.44. The van der Waals surface area contributed by atoms with Gasteiger partial charge in [0, 0.05) is 19.3 Å². The maximum absolute atomic E-state index is 10.9. The molecule has 0 aromatic heterocycles. The molecular weight excluding hydrogens is 278 g/mol. The Morgan fingerprint density at radius 3 is 2.27 bits per heavy atom. The summed E-state index contributed by atoms with van der Waals surface area (Å²) in [5.74, 6) is 5.80. The summed E-state index contributed by atoms with van der Waals surface area (Å²) >= 11 is 0. The van der Waals surface area contributed by atoms with Crippen LogP contribution in [0.25, 0.3) is 0 Å². The van der Waals surface area contributed by atoms with E-state index in [0.29, 0.717) is 12.8 Å². The molecule has 22 heavy (non-hydrogen) atoms. The molecule has 1 radical (unpaired) electrons. The van der Waals surface area contributed by atoms with Gasteiger partial charge in [0.1, 0.15) is 0 Å². The molecule has 0 aromatic carbocycles. The molecule has 0 N–H and O–H groups in total. The first kappa shape index (κ1) is 20.4. The minimum absolute atomic E-state index is 0.230. The third kappa shape index (κ3) is 13.4. The molecule has 0 aliphatic heterocycles. The van der Waals surface area contributed by atoms with E-state index in [9.17, 15) is 14.9 Å². The second kappa shape index (κ2) is 15.8. The first-order valence-corrected chi connectivity index (χ1v) is 8.39. The normalized spacial score (nSPS) is 10.9. The number of hydrogen-bond donors (Lipinski definition) is 0. The highest BCUT2D eigenvalue weighted by atomic mass is 16.6. The van der Waals surface area contributed by atoms with Crippen molar-refractivity contribution in [3.8, 4) is 11.8 Å². The fourth-order valence-electron chi connectivity index (χ4n) is 2.10. The summed E-state index contributed by atoms with van der Waals surface area (Å²) < 4.78 is 0. The second-order valence-corrected chi connectivity index (χ2v) is 5.44. The number of nitro groups is 1. The number of allylic oxidation sites excluding steroid dienone is 2. The molecule has 0 unspecified atom stereocenters. The number of rotatable bonds is 13. The lowest BCUT2D eigenvalue weighted by molar-refractivity contribution is -0.428. The lowest BCUT2D eigenvalue weighted by Crippen LogP contribution is -1.98. The smallest absolute Gasteiger partial charge is 0.254 e. The average molecular weight is 306 g/mol. The van der Waals surface area contributed by atoms with Crippen molar-refractivity contribution in [2.24, 2.45) is 0 Å². The second-order valence-electron chi connectivity index (χ2n) is 5.44. The van der Waals surface area contributed by atoms with Crippen molar-refractivity contribution >= 4 is 6.29 Å². The highest BCUT2D eigenvalue weighted by Gasteiger charge is 2.08. The van der Waals surface area contributed by atoms with Crippen molar-refractivity contribution < 1.29 is 9.72 Å². The van der Waals surface area contributed by atoms with E-state index < -0.39 is 0 Å². The van der Waals surface area contributed by atoms with E-state index in [1.807, 2.05) is 6.29 Å². The predicted octanol–water partition coefficient (Wildman–Crippen LogP) is 4.96. The summed E-state index contributed by atoms with van der Waals surface area (Å²) in [6, 6.07) is 0. The molecule has 0 heterocycles. The molecule has 4 nitrogen and oxygen atoms in total. The SMILES string of the molecule is CCCCCCC(=CC#CCCCCCCC[C]=O)[N+](=O)[O-]. The van der Waals surface area contributed by atoms with E-state index in [-0.39, 0.29) is 10.6 Å². The Labute approximate surface area is 134 Å². The Morgan fingerprint density at radius 2 is 1.64 bits per heavy atom. The monoisotopic (exact) mass is 306 g/mol. The summed E-state index contributed by atoms with van der Waals surface area (Å²) in [6.45, 7) is 2.12. The summed E-state index contributed by atoms with van der Waals surface area (Å²) in [7, 11) is 0. The molecule has 0 aliphatic rings. The van der Waals surface area contributed by atoms with Gasteiger partial charge in [-0.1, -0.05) is 57.3 Å². The zero-order valence-corrected chi connectivity index (χ0v) is 13.7. The topological polar surface area (TPSA) is 60.2 Å². The highest BCUT2D eigenvalue weighted by Crippen LogP contribution is 2.10. The summed E-state index contributed by atoms with van der Waals surface area (Å²) in [4.78, 5) is 20.6. The lowest BCUT2D eigenvalue weighted by Gasteiger charge is -1.97. The van der Waals surface area contributed by atoms with E-state index in [2.05, 4.69) is 18.8 Å². The van der Waals surface area contributed by atoms with Crippen LogP contribution in [0.5, 0.6) is 0 Å². The van der Waals surface area contributed by atoms with Crippen molar-refractivity contribution in [2.45, 2.75) is 84.0 Å². The Balaban J connectivity index is 3.83. The van der Waals surface area contributed by atoms with E-state index in [1.165, 1.54) is 6.08 Å². The number of hydrogen-bond acceptors (Lipinski definition) is 3. The van der Waals surface area contributed by atoms with Crippen LogP contribution in [0.1, 0.15) is 84.0 Å². The summed E-state index contributed by atoms with van der Waals surface area (Å²) in [5.41, 5.74) is 0.230. The quantitative estimate of drug-likeness (QED) is 0.209. The lowest BCUT2D eigenvalue weighted by atomic mass is 10.1. The van der Waals surface area contributed by atoms with Crippen LogP contribution in [-0.4, -0.2) is 11.2 Å². The Morgan fingerprint density at radius 1 is 1.00 bits per heavy atom. The van der Waals surface area contributed by atoms with Crippen LogP contribution in [0, 0.1) is 22.0 Å². The maximum atomic E-state index is 10.9. The molecule has 0 saturated heterocycles. The first-order chi connectivity index (χ1) is 10.7. The molecule has 0 rings (SSSR count). The highest BCUT2D eigenvalue weighted by molar-refractivity contribution is 5.50. The van der Waals surface area contributed by atoms with Gasteiger partial charge < -0.3 is 0 Å². The van der Waals surface area contributed by atoms with Gasteiger partial charge in [0.15, 0.2) is 6.29 Å². The number of nitrogens with zero attached hydrogens (tertiary/aromatic N) is 1. The molecule has 0 amide bonds. The third-order valence-corrected chi connectivity index (χ3v) is 3.44. The Bertz CT molecular complexity index is 391. The van der Waals surface area contributed by atoms with E-state index in [0.717, 1.165) is 64.2 Å². The van der Waals surface area contributed by atoms with Crippen molar-refractivity contribution in [1.29, 1.82) is 0 Å². The predicted molar refractivity (Wildman–Crippen MR) is 89.6 cm³/mol. The van der Waals surface area contributed by atoms with E-state index >= 15 is 0 Å². The van der Waals surface area contributed by atoms with Crippen molar-refractivity contribution in [3.63, 3.8) is 0 Å². The standard InChI is InChI=1S/C18H28NO3/c1-2-3-4-12-15-18(19(21)22)16-13-10-8-6-5-7-9-11-14-17-20/h16H,2-9,11-12,14-15H2,1H3. The minimum Gasteiger partial charge on any atom is -0.291 e. The number of unbranched alkanes of at least 4 members (excludes halogenated alkanes) is 9. The molecule has 4 heteroatoms. The molecule has 123 valence electrons. The van der Waals surface area contributed by atoms with Gasteiger partial charge in [0.2, 0.25) is 0 Å². The fourth-order valence-corrected chi connectivity index (χ4v) is 2.10. The zero-order valence-electron chi connectivity index (χ0n) is 13.7. The maximum Gasteiger partial charge on any atom is 0.254 e. The molecule has 0 saturated carbocycles. The van der Waals surface area contributed by atoms with Gasteiger partial charge in [-0.05, 0) is 19.3 Å². The number of carbonyl (C=O) groups excluding carboxylic acids is 1. The van der Waals surface area contributed by atoms with Crippen LogP contribution in [-0.2, 0) is 4.79 Å². The van der Waals surface area contributed by atoms with Crippen molar-refractivity contribution in [1.82, 2.24) is 0 Å². The van der Waals surface area contributed by atoms with Crippen LogP contribution in [0.15, 0.2) is 11.8 Å². The van der Waals surface area contributed by atoms with Gasteiger partial charge >= 0.3 is 0 Å². The molecule has 0 aliphatic carbocycles. The molecule has 0 fully saturated rings. The fraction of sp³-hybridized carbons (Fsp3) is 0.722.